The number of ether oxygens (including phenoxy) is 3. The molecule has 1 aliphatic heterocycles. The number of rotatable bonds is 6. The topological polar surface area (TPSA) is 69.4 Å². The van der Waals surface area contributed by atoms with Gasteiger partial charge in [-0.25, -0.2) is 4.98 Å². The molecule has 2 heterocycles. The highest BCUT2D eigenvalue weighted by atomic mass is 16.5. The zero-order chi connectivity index (χ0) is 25.4. The number of nitrogens with zero attached hydrogens (tertiary/aromatic N) is 2. The monoisotopic (exact) mass is 489 g/mol. The van der Waals surface area contributed by atoms with Crippen LogP contribution >= 0.6 is 0 Å². The van der Waals surface area contributed by atoms with Crippen LogP contribution in [0, 0.1) is 5.41 Å². The Kier molecular flexibility index (Phi) is 5.85. The normalized spacial score (nSPS) is 13.9. The molecule has 0 saturated heterocycles. The van der Waals surface area contributed by atoms with E-state index >= 15 is 0 Å². The Morgan fingerprint density at radius 2 is 1.65 bits per heavy atom. The van der Waals surface area contributed by atoms with Gasteiger partial charge in [0.05, 0.1) is 19.8 Å². The molecule has 0 spiro atoms. The van der Waals surface area contributed by atoms with Crippen molar-refractivity contribution in [1.29, 1.82) is 5.41 Å². The molecule has 1 aromatic heterocycles. The second-order valence-corrected chi connectivity index (χ2v) is 9.09. The standard InChI is InChI=1S/C31H27N3O3/c1-35-24-14-12-20(18-26(24)36-2)16-17-34-19-33-31-29(30(34)32)27(22-9-4-3-5-10-22)28-23-11-7-6-8-21(23)13-15-25(28)37-31/h3-15,18-19,27,32H,16-17H2,1-2H3/t27-/m1/s1. The van der Waals surface area contributed by atoms with Crippen LogP contribution in [-0.2, 0) is 13.0 Å². The maximum Gasteiger partial charge on any atom is 0.228 e. The van der Waals surface area contributed by atoms with E-state index in [2.05, 4.69) is 35.3 Å². The van der Waals surface area contributed by atoms with Gasteiger partial charge in [-0.2, -0.15) is 0 Å². The van der Waals surface area contributed by atoms with Crippen molar-refractivity contribution >= 4 is 10.8 Å². The predicted octanol–water partition coefficient (Wildman–Crippen LogP) is 6.06. The van der Waals surface area contributed by atoms with Crippen molar-refractivity contribution in [2.24, 2.45) is 0 Å². The van der Waals surface area contributed by atoms with Crippen LogP contribution < -0.4 is 19.7 Å². The first kappa shape index (κ1) is 22.9. The molecule has 0 fully saturated rings. The van der Waals surface area contributed by atoms with E-state index in [9.17, 15) is 5.41 Å². The van der Waals surface area contributed by atoms with Gasteiger partial charge in [-0.1, -0.05) is 66.7 Å². The number of nitrogens with one attached hydrogen (secondary N) is 1. The third-order valence-electron chi connectivity index (χ3n) is 7.02. The van der Waals surface area contributed by atoms with Crippen molar-refractivity contribution in [2.75, 3.05) is 14.2 Å². The molecule has 0 saturated carbocycles. The van der Waals surface area contributed by atoms with E-state index in [1.54, 1.807) is 20.5 Å². The lowest BCUT2D eigenvalue weighted by Crippen LogP contribution is -2.30. The van der Waals surface area contributed by atoms with Gasteiger partial charge in [-0.3, -0.25) is 5.41 Å². The Morgan fingerprint density at radius 3 is 2.46 bits per heavy atom. The van der Waals surface area contributed by atoms with Crippen LogP contribution in [0.25, 0.3) is 10.8 Å². The molecule has 1 atom stereocenters. The molecular formula is C31H27N3O3. The summed E-state index contributed by atoms with van der Waals surface area (Å²) in [6.45, 7) is 0.596. The maximum absolute atomic E-state index is 9.26. The van der Waals surface area contributed by atoms with E-state index < -0.39 is 0 Å². The number of hydrogen-bond acceptors (Lipinski definition) is 5. The molecule has 0 bridgehead atoms. The predicted molar refractivity (Wildman–Crippen MR) is 143 cm³/mol. The lowest BCUT2D eigenvalue weighted by molar-refractivity contribution is 0.354. The molecule has 37 heavy (non-hydrogen) atoms. The highest BCUT2D eigenvalue weighted by Gasteiger charge is 2.33. The molecule has 5 aromatic rings. The minimum absolute atomic E-state index is 0.167. The van der Waals surface area contributed by atoms with Gasteiger partial charge in [0.15, 0.2) is 11.5 Å². The van der Waals surface area contributed by atoms with Crippen molar-refractivity contribution in [1.82, 2.24) is 9.55 Å². The molecule has 0 radical (unpaired) electrons. The van der Waals surface area contributed by atoms with Gasteiger partial charge in [-0.15, -0.1) is 0 Å². The molecule has 0 amide bonds. The van der Waals surface area contributed by atoms with Crippen LogP contribution in [0.2, 0.25) is 0 Å². The average molecular weight is 490 g/mol. The Hall–Kier alpha value is -4.58. The van der Waals surface area contributed by atoms with E-state index in [1.807, 2.05) is 59.2 Å². The Balaban J connectivity index is 1.45. The van der Waals surface area contributed by atoms with E-state index in [0.717, 1.165) is 38.8 Å². The second kappa shape index (κ2) is 9.47. The van der Waals surface area contributed by atoms with Gasteiger partial charge < -0.3 is 18.8 Å². The number of methoxy groups -OCH3 is 2. The van der Waals surface area contributed by atoms with Crippen LogP contribution in [0.5, 0.6) is 23.1 Å². The van der Waals surface area contributed by atoms with Crippen LogP contribution in [-0.4, -0.2) is 23.8 Å². The fourth-order valence-corrected chi connectivity index (χ4v) is 5.19. The molecule has 6 rings (SSSR count). The fraction of sp³-hybridized carbons (Fsp3) is 0.161. The summed E-state index contributed by atoms with van der Waals surface area (Å²) < 4.78 is 19.0. The summed E-state index contributed by atoms with van der Waals surface area (Å²) in [6.07, 6.45) is 2.42. The largest absolute Gasteiger partial charge is 0.493 e. The summed E-state index contributed by atoms with van der Waals surface area (Å²) in [6, 6.07) is 28.7. The quantitative estimate of drug-likeness (QED) is 0.309. The van der Waals surface area contributed by atoms with Crippen molar-refractivity contribution in [3.63, 3.8) is 0 Å². The lowest BCUT2D eigenvalue weighted by Gasteiger charge is -2.29. The second-order valence-electron chi connectivity index (χ2n) is 9.09. The Labute approximate surface area is 215 Å². The lowest BCUT2D eigenvalue weighted by atomic mass is 9.81. The number of hydrogen-bond donors (Lipinski definition) is 1. The first-order valence-corrected chi connectivity index (χ1v) is 12.3. The summed E-state index contributed by atoms with van der Waals surface area (Å²) in [7, 11) is 3.27. The van der Waals surface area contributed by atoms with Gasteiger partial charge in [0.25, 0.3) is 0 Å². The van der Waals surface area contributed by atoms with Crippen molar-refractivity contribution in [2.45, 2.75) is 18.9 Å². The molecule has 6 nitrogen and oxygen atoms in total. The Bertz CT molecular complexity index is 1660. The molecule has 0 aliphatic carbocycles. The molecular weight excluding hydrogens is 462 g/mol. The molecule has 1 aliphatic rings. The smallest absolute Gasteiger partial charge is 0.228 e. The van der Waals surface area contributed by atoms with Crippen LogP contribution in [0.4, 0.5) is 0 Å². The molecule has 6 heteroatoms. The minimum Gasteiger partial charge on any atom is -0.493 e. The fourth-order valence-electron chi connectivity index (χ4n) is 5.19. The molecule has 184 valence electrons. The molecule has 1 N–H and O–H groups in total. The number of benzene rings is 4. The van der Waals surface area contributed by atoms with Gasteiger partial charge in [-0.05, 0) is 46.5 Å². The maximum atomic E-state index is 9.26. The zero-order valence-electron chi connectivity index (χ0n) is 20.8. The highest BCUT2D eigenvalue weighted by Crippen LogP contribution is 2.47. The van der Waals surface area contributed by atoms with Crippen molar-refractivity contribution in [3.05, 3.63) is 119 Å². The van der Waals surface area contributed by atoms with E-state index in [-0.39, 0.29) is 5.92 Å². The summed E-state index contributed by atoms with van der Waals surface area (Å²) in [5, 5.41) is 11.5. The van der Waals surface area contributed by atoms with Gasteiger partial charge in [0.2, 0.25) is 5.88 Å². The first-order chi connectivity index (χ1) is 18.2. The summed E-state index contributed by atoms with van der Waals surface area (Å²) >= 11 is 0. The van der Waals surface area contributed by atoms with Gasteiger partial charge in [0, 0.05) is 18.0 Å². The minimum atomic E-state index is -0.167. The van der Waals surface area contributed by atoms with Crippen molar-refractivity contribution < 1.29 is 14.2 Å². The summed E-state index contributed by atoms with van der Waals surface area (Å²) in [4.78, 5) is 4.68. The van der Waals surface area contributed by atoms with Crippen LogP contribution in [0.3, 0.4) is 0 Å². The van der Waals surface area contributed by atoms with Crippen molar-refractivity contribution in [3.8, 4) is 23.1 Å². The molecule has 0 unspecified atom stereocenters. The Morgan fingerprint density at radius 1 is 0.865 bits per heavy atom. The van der Waals surface area contributed by atoms with E-state index in [4.69, 9.17) is 14.2 Å². The summed E-state index contributed by atoms with van der Waals surface area (Å²) in [5.74, 6) is 2.50. The van der Waals surface area contributed by atoms with Crippen LogP contribution in [0.1, 0.15) is 28.2 Å². The van der Waals surface area contributed by atoms with Gasteiger partial charge >= 0.3 is 0 Å². The number of aryl methyl sites for hydroxylation is 2. The summed E-state index contributed by atoms with van der Waals surface area (Å²) in [5.41, 5.74) is 4.46. The third-order valence-corrected chi connectivity index (χ3v) is 7.02. The number of aromatic nitrogens is 2. The highest BCUT2D eigenvalue weighted by molar-refractivity contribution is 5.90. The van der Waals surface area contributed by atoms with E-state index in [0.29, 0.717) is 35.8 Å². The third kappa shape index (κ3) is 4.00. The zero-order valence-corrected chi connectivity index (χ0v) is 20.8. The SMILES string of the molecule is COc1ccc(CCn2cnc3c(c2=N)[C@H](c2ccccc2)c2c(ccc4ccccc24)O3)cc1OC. The number of fused-ring (bicyclic) bond motifs is 4. The molecule has 4 aromatic carbocycles. The van der Waals surface area contributed by atoms with Gasteiger partial charge in [0.1, 0.15) is 17.6 Å². The first-order valence-electron chi connectivity index (χ1n) is 12.3. The van der Waals surface area contributed by atoms with E-state index in [1.165, 1.54) is 0 Å². The average Bonchev–Trinajstić information content (AvgIpc) is 2.96. The van der Waals surface area contributed by atoms with Crippen LogP contribution in [0.15, 0.2) is 91.3 Å².